The molecule has 0 spiro atoms. The van der Waals surface area contributed by atoms with Crippen LogP contribution < -0.4 is 4.90 Å². The zero-order chi connectivity index (χ0) is 21.3. The number of benzene rings is 4. The lowest BCUT2D eigenvalue weighted by atomic mass is 10.0. The molecule has 0 N–H and O–H groups in total. The molecule has 5 aromatic rings. The van der Waals surface area contributed by atoms with E-state index in [1.54, 1.807) is 0 Å². The van der Waals surface area contributed by atoms with Crippen LogP contribution in [0.2, 0.25) is 0 Å². The largest absolute Gasteiger partial charge is 0.313 e. The summed E-state index contributed by atoms with van der Waals surface area (Å²) in [5, 5.41) is 2.67. The van der Waals surface area contributed by atoms with Crippen molar-refractivity contribution >= 4 is 42.9 Å². The van der Waals surface area contributed by atoms with Crippen LogP contribution in [0.1, 0.15) is 12.8 Å². The minimum absolute atomic E-state index is 1.04. The molecule has 1 aliphatic rings. The van der Waals surface area contributed by atoms with Gasteiger partial charge in [-0.25, -0.2) is 0 Å². The molecule has 1 nitrogen and oxygen atoms in total. The maximum atomic E-state index is 2.45. The smallest absolute Gasteiger partial charge is 0.0637 e. The molecule has 0 saturated carbocycles. The number of hydrogen-bond donors (Lipinski definition) is 0. The molecule has 0 aliphatic heterocycles. The Morgan fingerprint density at radius 2 is 1.41 bits per heavy atom. The van der Waals surface area contributed by atoms with Crippen LogP contribution in [0, 0.1) is 0 Å². The second-order valence-electron chi connectivity index (χ2n) is 8.13. The number of anilines is 2. The summed E-state index contributed by atoms with van der Waals surface area (Å²) in [5.74, 6) is 0. The molecule has 0 fully saturated rings. The number of rotatable bonds is 4. The molecule has 0 saturated heterocycles. The van der Waals surface area contributed by atoms with Crippen LogP contribution in [0.4, 0.5) is 11.4 Å². The van der Waals surface area contributed by atoms with E-state index in [1.165, 1.54) is 48.4 Å². The SMILES string of the molecule is C1=CCCC(N(c2ccc(-c3ccccc3)cc2)c2cccc3c2sc2ccccc23)=C1. The van der Waals surface area contributed by atoms with Crippen LogP contribution >= 0.6 is 11.3 Å². The normalized spacial score (nSPS) is 13.4. The van der Waals surface area contributed by atoms with Gasteiger partial charge in [-0.15, -0.1) is 11.3 Å². The van der Waals surface area contributed by atoms with Crippen molar-refractivity contribution < 1.29 is 0 Å². The zero-order valence-electron chi connectivity index (χ0n) is 17.7. The summed E-state index contributed by atoms with van der Waals surface area (Å²) < 4.78 is 2.68. The minimum atomic E-state index is 1.04. The van der Waals surface area contributed by atoms with Crippen LogP contribution in [0.25, 0.3) is 31.3 Å². The van der Waals surface area contributed by atoms with Crippen molar-refractivity contribution in [2.45, 2.75) is 12.8 Å². The van der Waals surface area contributed by atoms with E-state index in [-0.39, 0.29) is 0 Å². The van der Waals surface area contributed by atoms with Crippen molar-refractivity contribution in [3.63, 3.8) is 0 Å². The predicted molar refractivity (Wildman–Crippen MR) is 140 cm³/mol. The van der Waals surface area contributed by atoms with E-state index in [0.29, 0.717) is 0 Å². The Bertz CT molecular complexity index is 1460. The summed E-state index contributed by atoms with van der Waals surface area (Å²) in [7, 11) is 0. The molecule has 0 unspecified atom stereocenters. The maximum absolute atomic E-state index is 2.45. The first kappa shape index (κ1) is 19.1. The first-order valence-corrected chi connectivity index (χ1v) is 11.9. The molecule has 2 heteroatoms. The van der Waals surface area contributed by atoms with Crippen molar-refractivity contribution in [1.29, 1.82) is 0 Å². The van der Waals surface area contributed by atoms with Gasteiger partial charge in [0.25, 0.3) is 0 Å². The van der Waals surface area contributed by atoms with E-state index in [4.69, 9.17) is 0 Å². The van der Waals surface area contributed by atoms with Crippen molar-refractivity contribution in [2.75, 3.05) is 4.90 Å². The average Bonchev–Trinajstić information content (AvgIpc) is 3.26. The van der Waals surface area contributed by atoms with Crippen molar-refractivity contribution in [2.24, 2.45) is 0 Å². The number of thiophene rings is 1. The second-order valence-corrected chi connectivity index (χ2v) is 9.18. The molecule has 32 heavy (non-hydrogen) atoms. The van der Waals surface area contributed by atoms with Gasteiger partial charge in [-0.2, -0.15) is 0 Å². The Morgan fingerprint density at radius 3 is 2.22 bits per heavy atom. The van der Waals surface area contributed by atoms with Crippen molar-refractivity contribution in [3.8, 4) is 11.1 Å². The van der Waals surface area contributed by atoms with Gasteiger partial charge in [-0.1, -0.05) is 84.9 Å². The van der Waals surface area contributed by atoms with E-state index in [1.807, 2.05) is 11.3 Å². The van der Waals surface area contributed by atoms with Crippen LogP contribution in [-0.4, -0.2) is 0 Å². The summed E-state index contributed by atoms with van der Waals surface area (Å²) in [6, 6.07) is 35.0. The van der Waals surface area contributed by atoms with Crippen LogP contribution in [-0.2, 0) is 0 Å². The summed E-state index contributed by atoms with van der Waals surface area (Å²) in [6.07, 6.45) is 8.82. The lowest BCUT2D eigenvalue weighted by Crippen LogP contribution is -2.17. The molecule has 4 aromatic carbocycles. The fourth-order valence-electron chi connectivity index (χ4n) is 4.58. The lowest BCUT2D eigenvalue weighted by molar-refractivity contribution is 0.920. The zero-order valence-corrected chi connectivity index (χ0v) is 18.6. The van der Waals surface area contributed by atoms with Gasteiger partial charge in [0.1, 0.15) is 0 Å². The Labute approximate surface area is 192 Å². The highest BCUT2D eigenvalue weighted by Crippen LogP contribution is 2.44. The molecular formula is C30H23NS. The summed E-state index contributed by atoms with van der Waals surface area (Å²) in [4.78, 5) is 2.45. The fourth-order valence-corrected chi connectivity index (χ4v) is 5.78. The van der Waals surface area contributed by atoms with Gasteiger partial charge in [0, 0.05) is 26.9 Å². The third-order valence-corrected chi connectivity index (χ3v) is 7.35. The molecule has 0 atom stereocenters. The fraction of sp³-hybridized carbons (Fsp3) is 0.0667. The van der Waals surface area contributed by atoms with Gasteiger partial charge in [0.15, 0.2) is 0 Å². The Balaban J connectivity index is 1.52. The maximum Gasteiger partial charge on any atom is 0.0637 e. The topological polar surface area (TPSA) is 3.24 Å². The average molecular weight is 430 g/mol. The first-order valence-electron chi connectivity index (χ1n) is 11.1. The molecule has 0 radical (unpaired) electrons. The predicted octanol–water partition coefficient (Wildman–Crippen LogP) is 9.09. The van der Waals surface area contributed by atoms with Crippen molar-refractivity contribution in [1.82, 2.24) is 0 Å². The Hall–Kier alpha value is -3.62. The Morgan fingerprint density at radius 1 is 0.656 bits per heavy atom. The third-order valence-electron chi connectivity index (χ3n) is 6.14. The number of fused-ring (bicyclic) bond motifs is 3. The molecule has 0 bridgehead atoms. The highest BCUT2D eigenvalue weighted by molar-refractivity contribution is 7.26. The molecule has 1 aromatic heterocycles. The summed E-state index contributed by atoms with van der Waals surface area (Å²) in [5.41, 5.74) is 6.29. The first-order chi connectivity index (χ1) is 15.9. The Kier molecular flexibility index (Phi) is 4.86. The van der Waals surface area contributed by atoms with Gasteiger partial charge in [0.2, 0.25) is 0 Å². The number of allylic oxidation sites excluding steroid dienone is 4. The van der Waals surface area contributed by atoms with Gasteiger partial charge in [0.05, 0.1) is 10.4 Å². The highest BCUT2D eigenvalue weighted by Gasteiger charge is 2.19. The van der Waals surface area contributed by atoms with Gasteiger partial charge in [-0.05, 0) is 54.3 Å². The van der Waals surface area contributed by atoms with E-state index < -0.39 is 0 Å². The number of hydrogen-bond acceptors (Lipinski definition) is 2. The standard InChI is InChI=1S/C30H23NS/c1-3-10-22(11-4-1)23-18-20-25(21-19-23)31(24-12-5-2-6-13-24)28-16-9-15-27-26-14-7-8-17-29(26)32-30(27)28/h1-5,7-12,14-21H,6,13H2. The molecule has 1 aliphatic carbocycles. The summed E-state index contributed by atoms with van der Waals surface area (Å²) in [6.45, 7) is 0. The molecule has 154 valence electrons. The van der Waals surface area contributed by atoms with Gasteiger partial charge < -0.3 is 4.90 Å². The van der Waals surface area contributed by atoms with Crippen LogP contribution in [0.3, 0.4) is 0 Å². The van der Waals surface area contributed by atoms with Crippen LogP contribution in [0.5, 0.6) is 0 Å². The van der Waals surface area contributed by atoms with Crippen LogP contribution in [0.15, 0.2) is 121 Å². The van der Waals surface area contributed by atoms with Gasteiger partial charge in [-0.3, -0.25) is 0 Å². The third kappa shape index (κ3) is 3.34. The molecule has 1 heterocycles. The quantitative estimate of drug-likeness (QED) is 0.275. The molecular weight excluding hydrogens is 406 g/mol. The molecule has 6 rings (SSSR count). The second kappa shape index (κ2) is 8.14. The van der Waals surface area contributed by atoms with E-state index in [9.17, 15) is 0 Å². The van der Waals surface area contributed by atoms with E-state index >= 15 is 0 Å². The monoisotopic (exact) mass is 429 g/mol. The van der Waals surface area contributed by atoms with E-state index in [0.717, 1.165) is 12.8 Å². The highest BCUT2D eigenvalue weighted by atomic mass is 32.1. The lowest BCUT2D eigenvalue weighted by Gasteiger charge is -2.29. The van der Waals surface area contributed by atoms with Gasteiger partial charge >= 0.3 is 0 Å². The van der Waals surface area contributed by atoms with Crippen molar-refractivity contribution in [3.05, 3.63) is 121 Å². The van der Waals surface area contributed by atoms with E-state index in [2.05, 4.69) is 120 Å². The summed E-state index contributed by atoms with van der Waals surface area (Å²) >= 11 is 1.89. The molecule has 0 amide bonds. The number of nitrogens with zero attached hydrogens (tertiary/aromatic N) is 1. The minimum Gasteiger partial charge on any atom is -0.313 e.